The maximum absolute atomic E-state index is 7.17. The number of rotatable bonds is 0. The van der Waals surface area contributed by atoms with Gasteiger partial charge in [-0.05, 0) is 19.0 Å². The first-order valence-electron chi connectivity index (χ1n) is 2.42. The Kier molecular flexibility index (Phi) is 1.04. The van der Waals surface area contributed by atoms with E-state index in [0.717, 1.165) is 4.88 Å². The fraction of sp³-hybridized carbons (Fsp3) is 0.200. The molecule has 0 aliphatic heterocycles. The highest BCUT2D eigenvalue weighted by molar-refractivity contribution is 7.16. The van der Waals surface area contributed by atoms with E-state index < -0.39 is 0 Å². The summed E-state index contributed by atoms with van der Waals surface area (Å²) in [5.41, 5.74) is 0. The Hall–Kier alpha value is -0.0100. The fourth-order valence-electron chi connectivity index (χ4n) is 0.364. The number of aryl methyl sites for hydroxylation is 1. The number of thiophene rings is 1. The Morgan fingerprint density at radius 3 is 2.86 bits per heavy atom. The molecule has 0 saturated carbocycles. The molecule has 1 heterocycles. The van der Waals surface area contributed by atoms with Crippen molar-refractivity contribution in [3.8, 4) is 0 Å². The van der Waals surface area contributed by atoms with E-state index in [0.29, 0.717) is 10.4 Å². The van der Waals surface area contributed by atoms with Gasteiger partial charge in [0.25, 0.3) is 0 Å². The zero-order chi connectivity index (χ0) is 6.15. The van der Waals surface area contributed by atoms with Crippen LogP contribution in [-0.4, -0.2) is 0 Å². The normalized spacial score (nSPS) is 11.4. The predicted octanol–water partition coefficient (Wildman–Crippen LogP) is 2.71. The van der Waals surface area contributed by atoms with Gasteiger partial charge in [0.05, 0.1) is 5.71 Å². The summed E-state index contributed by atoms with van der Waals surface area (Å²) in [5, 5.41) is 0. The molecule has 0 atom stereocenters. The third-order valence-electron chi connectivity index (χ3n) is 0.640. The molecule has 0 bridgehead atoms. The molecule has 1 aromatic heterocycles. The summed E-state index contributed by atoms with van der Waals surface area (Å²) < 4.78 is 7.87. The van der Waals surface area contributed by atoms with Crippen LogP contribution < -0.4 is 0 Å². The van der Waals surface area contributed by atoms with Crippen LogP contribution in [0.5, 0.6) is 0 Å². The molecule has 2 heteroatoms. The number of halogens is 1. The second-order valence-corrected chi connectivity index (χ2v) is 3.14. The van der Waals surface area contributed by atoms with Crippen LogP contribution in [0.1, 0.15) is 6.25 Å². The van der Waals surface area contributed by atoms with Crippen LogP contribution in [0.4, 0.5) is 0 Å². The van der Waals surface area contributed by atoms with Gasteiger partial charge in [-0.15, -0.1) is 11.3 Å². The standard InChI is InChI=1S/C5H5ClS/c1-4-2-3-5(6)7-4/h2-3H,1H3/i2D. The molecule has 38 valence electrons. The van der Waals surface area contributed by atoms with Gasteiger partial charge in [-0.2, -0.15) is 0 Å². The van der Waals surface area contributed by atoms with E-state index in [1.807, 2.05) is 6.92 Å². The molecule has 0 spiro atoms. The third-order valence-corrected chi connectivity index (χ3v) is 1.72. The highest BCUT2D eigenvalue weighted by Gasteiger charge is 1.86. The van der Waals surface area contributed by atoms with Gasteiger partial charge in [0.2, 0.25) is 0 Å². The molecule has 0 N–H and O–H groups in total. The highest BCUT2D eigenvalue weighted by atomic mass is 35.5. The maximum atomic E-state index is 7.17. The molecule has 0 fully saturated rings. The van der Waals surface area contributed by atoms with E-state index in [2.05, 4.69) is 0 Å². The van der Waals surface area contributed by atoms with Crippen LogP contribution in [0.3, 0.4) is 0 Å². The Labute approximate surface area is 53.1 Å². The van der Waals surface area contributed by atoms with Crippen LogP contribution >= 0.6 is 22.9 Å². The summed E-state index contributed by atoms with van der Waals surface area (Å²) in [7, 11) is 0. The predicted molar refractivity (Wildman–Crippen MR) is 34.1 cm³/mol. The van der Waals surface area contributed by atoms with Crippen molar-refractivity contribution in [1.82, 2.24) is 0 Å². The average molecular weight is 134 g/mol. The van der Waals surface area contributed by atoms with Crippen LogP contribution in [0, 0.1) is 6.92 Å². The minimum atomic E-state index is 0.542. The van der Waals surface area contributed by atoms with E-state index in [4.69, 9.17) is 13.0 Å². The minimum Gasteiger partial charge on any atom is -0.129 e. The Balaban J connectivity index is 3.14. The van der Waals surface area contributed by atoms with E-state index in [-0.39, 0.29) is 0 Å². The highest BCUT2D eigenvalue weighted by Crippen LogP contribution is 2.19. The van der Waals surface area contributed by atoms with Crippen molar-refractivity contribution in [2.45, 2.75) is 6.92 Å². The van der Waals surface area contributed by atoms with Crippen LogP contribution in [0.25, 0.3) is 0 Å². The molecule has 0 radical (unpaired) electrons. The maximum Gasteiger partial charge on any atom is 0.0931 e. The van der Waals surface area contributed by atoms with Crippen molar-refractivity contribution in [2.24, 2.45) is 0 Å². The van der Waals surface area contributed by atoms with Gasteiger partial charge in [0.15, 0.2) is 0 Å². The van der Waals surface area contributed by atoms with Crippen LogP contribution in [0.15, 0.2) is 12.1 Å². The molecule has 0 aliphatic carbocycles. The monoisotopic (exact) mass is 133 g/mol. The Morgan fingerprint density at radius 1 is 2.00 bits per heavy atom. The van der Waals surface area contributed by atoms with Gasteiger partial charge in [0, 0.05) is 4.88 Å². The van der Waals surface area contributed by atoms with Gasteiger partial charge in [-0.3, -0.25) is 0 Å². The van der Waals surface area contributed by atoms with Crippen molar-refractivity contribution in [3.63, 3.8) is 0 Å². The second-order valence-electron chi connectivity index (χ2n) is 1.25. The molecular weight excluding hydrogens is 128 g/mol. The molecular formula is C5H5ClS. The second kappa shape index (κ2) is 1.85. The van der Waals surface area contributed by atoms with Gasteiger partial charge in [-0.1, -0.05) is 11.6 Å². The largest absolute Gasteiger partial charge is 0.129 e. The average Bonchev–Trinajstić information content (AvgIpc) is 1.85. The summed E-state index contributed by atoms with van der Waals surface area (Å²) in [6.07, 6.45) is 0. The van der Waals surface area contributed by atoms with Crippen molar-refractivity contribution in [1.29, 1.82) is 0 Å². The third kappa shape index (κ3) is 1.18. The lowest BCUT2D eigenvalue weighted by Crippen LogP contribution is -1.43. The molecule has 7 heavy (non-hydrogen) atoms. The first-order chi connectivity index (χ1) is 3.70. The van der Waals surface area contributed by atoms with Crippen molar-refractivity contribution >= 4 is 22.9 Å². The van der Waals surface area contributed by atoms with E-state index >= 15 is 0 Å². The Bertz CT molecular complexity index is 175. The van der Waals surface area contributed by atoms with Gasteiger partial charge >= 0.3 is 0 Å². The minimum absolute atomic E-state index is 0.542. The van der Waals surface area contributed by atoms with Crippen LogP contribution in [-0.2, 0) is 0 Å². The topological polar surface area (TPSA) is 0 Å². The lowest BCUT2D eigenvalue weighted by Gasteiger charge is -1.69. The van der Waals surface area contributed by atoms with Crippen molar-refractivity contribution in [2.75, 3.05) is 0 Å². The first-order valence-corrected chi connectivity index (χ1v) is 3.12. The summed E-state index contributed by atoms with van der Waals surface area (Å²) >= 11 is 7.01. The van der Waals surface area contributed by atoms with Gasteiger partial charge in [-0.25, -0.2) is 0 Å². The van der Waals surface area contributed by atoms with Crippen LogP contribution in [0.2, 0.25) is 4.34 Å². The summed E-state index contributed by atoms with van der Waals surface area (Å²) in [6, 6.07) is 2.20. The molecule has 1 aromatic rings. The molecule has 0 aliphatic rings. The summed E-state index contributed by atoms with van der Waals surface area (Å²) in [5.74, 6) is 0. The van der Waals surface area contributed by atoms with Crippen molar-refractivity contribution in [3.05, 3.63) is 21.3 Å². The molecule has 0 saturated heterocycles. The summed E-state index contributed by atoms with van der Waals surface area (Å²) in [4.78, 5) is 0.981. The smallest absolute Gasteiger partial charge is 0.0931 e. The zero-order valence-electron chi connectivity index (χ0n) is 4.86. The molecule has 0 unspecified atom stereocenters. The quantitative estimate of drug-likeness (QED) is 0.511. The van der Waals surface area contributed by atoms with E-state index in [9.17, 15) is 0 Å². The zero-order valence-corrected chi connectivity index (χ0v) is 5.44. The molecule has 0 nitrogen and oxygen atoms in total. The lowest BCUT2D eigenvalue weighted by molar-refractivity contribution is 1.64. The van der Waals surface area contributed by atoms with Crippen molar-refractivity contribution < 1.29 is 1.37 Å². The molecule has 0 aromatic carbocycles. The molecule has 1 rings (SSSR count). The van der Waals surface area contributed by atoms with E-state index in [1.54, 1.807) is 6.07 Å². The van der Waals surface area contributed by atoms with Gasteiger partial charge in [0.1, 0.15) is 0 Å². The first kappa shape index (κ1) is 3.93. The lowest BCUT2D eigenvalue weighted by atomic mass is 10.5. The fourth-order valence-corrected chi connectivity index (χ4v) is 1.29. The van der Waals surface area contributed by atoms with E-state index in [1.165, 1.54) is 11.3 Å². The summed E-state index contributed by atoms with van der Waals surface area (Å²) in [6.45, 7) is 1.89. The number of hydrogen-bond donors (Lipinski definition) is 0. The number of hydrogen-bond acceptors (Lipinski definition) is 1. The molecule has 0 amide bonds. The SMILES string of the molecule is [2H]c1cc(Cl)sc1C. The Morgan fingerprint density at radius 2 is 2.71 bits per heavy atom. The van der Waals surface area contributed by atoms with Gasteiger partial charge < -0.3 is 0 Å².